The van der Waals surface area contributed by atoms with Crippen molar-refractivity contribution >= 4 is 17.7 Å². The number of hydrogen-bond donors (Lipinski definition) is 0. The van der Waals surface area contributed by atoms with Crippen LogP contribution in [0.1, 0.15) is 23.8 Å². The highest BCUT2D eigenvalue weighted by atomic mass is 32.2. The van der Waals surface area contributed by atoms with Gasteiger partial charge in [0.15, 0.2) is 0 Å². The van der Waals surface area contributed by atoms with Crippen molar-refractivity contribution in [3.8, 4) is 16.9 Å². The third-order valence-corrected chi connectivity index (χ3v) is 6.78. The fourth-order valence-corrected chi connectivity index (χ4v) is 5.23. The van der Waals surface area contributed by atoms with E-state index >= 15 is 0 Å². The zero-order valence-corrected chi connectivity index (χ0v) is 17.2. The molecule has 0 saturated carbocycles. The van der Waals surface area contributed by atoms with E-state index in [1.807, 2.05) is 46.1 Å². The molecule has 3 heterocycles. The molecule has 2 fully saturated rings. The molecule has 0 radical (unpaired) electrons. The Kier molecular flexibility index (Phi) is 5.31. The van der Waals surface area contributed by atoms with Crippen LogP contribution in [0.3, 0.4) is 0 Å². The Morgan fingerprint density at radius 3 is 2.67 bits per heavy atom. The molecule has 0 aliphatic carbocycles. The quantitative estimate of drug-likeness (QED) is 0.609. The molecular weight excluding hydrogens is 401 g/mol. The highest BCUT2D eigenvalue weighted by Crippen LogP contribution is 2.43. The normalized spacial score (nSPS) is 21.5. The smallest absolute Gasteiger partial charge is 0.233 e. The van der Waals surface area contributed by atoms with Gasteiger partial charge in [-0.25, -0.2) is 9.07 Å². The Morgan fingerprint density at radius 2 is 1.93 bits per heavy atom. The van der Waals surface area contributed by atoms with Crippen LogP contribution in [0.2, 0.25) is 0 Å². The lowest BCUT2D eigenvalue weighted by Crippen LogP contribution is -2.35. The van der Waals surface area contributed by atoms with Gasteiger partial charge in [-0.3, -0.25) is 4.79 Å². The van der Waals surface area contributed by atoms with Crippen molar-refractivity contribution in [3.05, 3.63) is 72.2 Å². The first-order valence-corrected chi connectivity index (χ1v) is 11.2. The number of ether oxygens (including phenoxy) is 1. The first-order chi connectivity index (χ1) is 14.7. The minimum absolute atomic E-state index is 0.0913. The number of hydrogen-bond acceptors (Lipinski definition) is 4. The summed E-state index contributed by atoms with van der Waals surface area (Å²) >= 11 is 1.61. The molecule has 5 nitrogen and oxygen atoms in total. The second-order valence-electron chi connectivity index (χ2n) is 7.56. The molecule has 2 aliphatic heterocycles. The van der Waals surface area contributed by atoms with Gasteiger partial charge in [-0.2, -0.15) is 5.10 Å². The predicted octanol–water partition coefficient (Wildman–Crippen LogP) is 4.43. The fourth-order valence-electron chi connectivity index (χ4n) is 4.03. The van der Waals surface area contributed by atoms with E-state index in [1.54, 1.807) is 23.9 Å². The maximum Gasteiger partial charge on any atom is 0.233 e. The molecule has 0 N–H and O–H groups in total. The van der Waals surface area contributed by atoms with Crippen molar-refractivity contribution in [3.63, 3.8) is 0 Å². The highest BCUT2D eigenvalue weighted by Gasteiger charge is 2.37. The minimum Gasteiger partial charge on any atom is -0.376 e. The number of halogens is 1. The second kappa shape index (κ2) is 8.24. The number of rotatable bonds is 5. The van der Waals surface area contributed by atoms with E-state index in [2.05, 4.69) is 0 Å². The Bertz CT molecular complexity index is 1030. The van der Waals surface area contributed by atoms with Gasteiger partial charge in [0, 0.05) is 30.5 Å². The summed E-state index contributed by atoms with van der Waals surface area (Å²) in [5, 5.41) is 4.69. The summed E-state index contributed by atoms with van der Waals surface area (Å²) in [6.07, 6.45) is 4.10. The van der Waals surface area contributed by atoms with Crippen molar-refractivity contribution < 1.29 is 13.9 Å². The van der Waals surface area contributed by atoms with E-state index in [1.165, 1.54) is 12.1 Å². The number of aromatic nitrogens is 2. The summed E-state index contributed by atoms with van der Waals surface area (Å²) in [5.41, 5.74) is 3.49. The molecule has 30 heavy (non-hydrogen) atoms. The SMILES string of the molecule is O=C1CSC(c2cn(-c3ccccc3)nc2-c2ccc(F)cc2)N1CC1CCCO1. The molecular formula is C23H22FN3O2S. The topological polar surface area (TPSA) is 47.4 Å². The monoisotopic (exact) mass is 423 g/mol. The third-order valence-electron chi connectivity index (χ3n) is 5.54. The average Bonchev–Trinajstić information content (AvgIpc) is 3.51. The van der Waals surface area contributed by atoms with Crippen molar-refractivity contribution in [2.45, 2.75) is 24.3 Å². The molecule has 3 aromatic rings. The van der Waals surface area contributed by atoms with Crippen molar-refractivity contribution in [1.29, 1.82) is 0 Å². The molecule has 2 saturated heterocycles. The summed E-state index contributed by atoms with van der Waals surface area (Å²) in [7, 11) is 0. The van der Waals surface area contributed by atoms with Crippen LogP contribution in [-0.4, -0.2) is 45.6 Å². The molecule has 5 rings (SSSR count). The van der Waals surface area contributed by atoms with Crippen molar-refractivity contribution in [2.24, 2.45) is 0 Å². The summed E-state index contributed by atoms with van der Waals surface area (Å²) in [6.45, 7) is 1.35. The van der Waals surface area contributed by atoms with E-state index in [4.69, 9.17) is 9.84 Å². The lowest BCUT2D eigenvalue weighted by molar-refractivity contribution is -0.129. The van der Waals surface area contributed by atoms with E-state index < -0.39 is 0 Å². The number of carbonyl (C=O) groups is 1. The van der Waals surface area contributed by atoms with Gasteiger partial charge in [0.1, 0.15) is 11.2 Å². The molecule has 0 bridgehead atoms. The van der Waals surface area contributed by atoms with Crippen LogP contribution < -0.4 is 0 Å². The van der Waals surface area contributed by atoms with Crippen LogP contribution in [-0.2, 0) is 9.53 Å². The van der Waals surface area contributed by atoms with Gasteiger partial charge in [0.25, 0.3) is 0 Å². The predicted molar refractivity (Wildman–Crippen MR) is 115 cm³/mol. The van der Waals surface area contributed by atoms with Crippen LogP contribution in [0.25, 0.3) is 16.9 Å². The standard InChI is InChI=1S/C23H22FN3O2S/c24-17-10-8-16(9-11-17)22-20(14-27(25-22)18-5-2-1-3-6-18)23-26(21(28)15-30-23)13-19-7-4-12-29-19/h1-3,5-6,8-11,14,19,23H,4,7,12-13,15H2. The van der Waals surface area contributed by atoms with Crippen LogP contribution in [0.4, 0.5) is 4.39 Å². The highest BCUT2D eigenvalue weighted by molar-refractivity contribution is 8.00. The van der Waals surface area contributed by atoms with Gasteiger partial charge in [0.2, 0.25) is 5.91 Å². The van der Waals surface area contributed by atoms with Crippen LogP contribution in [0, 0.1) is 5.82 Å². The lowest BCUT2D eigenvalue weighted by atomic mass is 10.1. The number of para-hydroxylation sites is 1. The molecule has 2 unspecified atom stereocenters. The summed E-state index contributed by atoms with van der Waals surface area (Å²) in [4.78, 5) is 14.6. The third kappa shape index (κ3) is 3.75. The Morgan fingerprint density at radius 1 is 1.13 bits per heavy atom. The molecule has 2 atom stereocenters. The fraction of sp³-hybridized carbons (Fsp3) is 0.304. The van der Waals surface area contributed by atoms with Gasteiger partial charge >= 0.3 is 0 Å². The molecule has 154 valence electrons. The number of benzene rings is 2. The lowest BCUT2D eigenvalue weighted by Gasteiger charge is -2.26. The van der Waals surface area contributed by atoms with E-state index in [0.29, 0.717) is 12.3 Å². The van der Waals surface area contributed by atoms with Gasteiger partial charge in [-0.15, -0.1) is 11.8 Å². The molecule has 1 amide bonds. The van der Waals surface area contributed by atoms with E-state index in [-0.39, 0.29) is 23.2 Å². The van der Waals surface area contributed by atoms with Crippen molar-refractivity contribution in [2.75, 3.05) is 18.9 Å². The molecule has 0 spiro atoms. The molecule has 1 aromatic heterocycles. The largest absolute Gasteiger partial charge is 0.376 e. The van der Waals surface area contributed by atoms with Crippen LogP contribution in [0.5, 0.6) is 0 Å². The van der Waals surface area contributed by atoms with Gasteiger partial charge in [-0.05, 0) is 49.2 Å². The summed E-state index contributed by atoms with van der Waals surface area (Å²) in [6, 6.07) is 16.2. The number of carbonyl (C=O) groups excluding carboxylic acids is 1. The first-order valence-electron chi connectivity index (χ1n) is 10.1. The summed E-state index contributed by atoms with van der Waals surface area (Å²) < 4.78 is 21.1. The van der Waals surface area contributed by atoms with E-state index in [9.17, 15) is 9.18 Å². The van der Waals surface area contributed by atoms with Gasteiger partial charge in [-0.1, -0.05) is 18.2 Å². The maximum atomic E-state index is 13.5. The van der Waals surface area contributed by atoms with Gasteiger partial charge in [0.05, 0.1) is 23.2 Å². The van der Waals surface area contributed by atoms with Crippen LogP contribution >= 0.6 is 11.8 Å². The Balaban J connectivity index is 1.56. The Labute approximate surface area is 178 Å². The summed E-state index contributed by atoms with van der Waals surface area (Å²) in [5.74, 6) is 0.280. The number of amides is 1. The first kappa shape index (κ1) is 19.3. The van der Waals surface area contributed by atoms with Gasteiger partial charge < -0.3 is 9.64 Å². The zero-order chi connectivity index (χ0) is 20.5. The molecule has 7 heteroatoms. The minimum atomic E-state index is -0.284. The van der Waals surface area contributed by atoms with Crippen molar-refractivity contribution in [1.82, 2.24) is 14.7 Å². The van der Waals surface area contributed by atoms with Crippen LogP contribution in [0.15, 0.2) is 60.8 Å². The number of thioether (sulfide) groups is 1. The number of nitrogens with zero attached hydrogens (tertiary/aromatic N) is 3. The maximum absolute atomic E-state index is 13.5. The Hall–Kier alpha value is -2.64. The molecule has 2 aromatic carbocycles. The molecule has 2 aliphatic rings. The van der Waals surface area contributed by atoms with E-state index in [0.717, 1.165) is 42.0 Å². The second-order valence-corrected chi connectivity index (χ2v) is 8.63. The zero-order valence-electron chi connectivity index (χ0n) is 16.4. The average molecular weight is 424 g/mol.